The maximum atomic E-state index is 12.1. The molecule has 1 aromatic rings. The molecular weight excluding hydrogens is 283 g/mol. The molecule has 0 aliphatic carbocycles. The third kappa shape index (κ3) is 3.10. The maximum absolute atomic E-state index is 12.1. The van der Waals surface area contributed by atoms with Gasteiger partial charge in [-0.1, -0.05) is 36.2 Å². The third-order valence-electron chi connectivity index (χ3n) is 3.10. The molecule has 3 nitrogen and oxygen atoms in total. The maximum Gasteiger partial charge on any atom is 0.243 e. The number of carbonyl (C=O) groups is 1. The molecule has 2 rings (SSSR count). The van der Waals surface area contributed by atoms with Crippen LogP contribution < -0.4 is 0 Å². The predicted octanol–water partition coefficient (Wildman–Crippen LogP) is 4.44. The molecule has 0 saturated carbocycles. The number of amides is 1. The number of rotatable bonds is 3. The Morgan fingerprint density at radius 3 is 2.84 bits per heavy atom. The molecule has 1 heterocycles. The van der Waals surface area contributed by atoms with Crippen LogP contribution in [0.2, 0.25) is 10.0 Å². The summed E-state index contributed by atoms with van der Waals surface area (Å²) in [4.78, 5) is 12.1. The zero-order chi connectivity index (χ0) is 14.0. The van der Waals surface area contributed by atoms with E-state index in [-0.39, 0.29) is 11.9 Å². The number of carbonyl (C=O) groups excluding carboxylic acids is 1. The number of hydrazone groups is 1. The fraction of sp³-hybridized carbons (Fsp3) is 0.429. The number of hydrogen-bond donors (Lipinski definition) is 0. The van der Waals surface area contributed by atoms with E-state index in [1.54, 1.807) is 17.1 Å². The molecule has 1 unspecified atom stereocenters. The first-order valence-corrected chi connectivity index (χ1v) is 7.09. The van der Waals surface area contributed by atoms with Crippen molar-refractivity contribution in [2.75, 3.05) is 0 Å². The Hall–Kier alpha value is -1.06. The van der Waals surface area contributed by atoms with E-state index < -0.39 is 0 Å². The van der Waals surface area contributed by atoms with Crippen LogP contribution in [-0.4, -0.2) is 16.6 Å². The first kappa shape index (κ1) is 14.4. The van der Waals surface area contributed by atoms with E-state index in [0.29, 0.717) is 16.5 Å². The fourth-order valence-corrected chi connectivity index (χ4v) is 2.77. The molecule has 19 heavy (non-hydrogen) atoms. The second-order valence-electron chi connectivity index (χ2n) is 4.71. The number of benzene rings is 1. The van der Waals surface area contributed by atoms with Crippen molar-refractivity contribution in [1.82, 2.24) is 5.01 Å². The number of hydrogen-bond acceptors (Lipinski definition) is 2. The molecule has 0 N–H and O–H groups in total. The van der Waals surface area contributed by atoms with Gasteiger partial charge in [0.25, 0.3) is 0 Å². The van der Waals surface area contributed by atoms with Gasteiger partial charge in [0.1, 0.15) is 0 Å². The average Bonchev–Trinajstić information content (AvgIpc) is 2.71. The highest BCUT2D eigenvalue weighted by Crippen LogP contribution is 2.36. The lowest BCUT2D eigenvalue weighted by atomic mass is 10.0. The molecule has 5 heteroatoms. The third-order valence-corrected chi connectivity index (χ3v) is 3.67. The van der Waals surface area contributed by atoms with Gasteiger partial charge in [-0.3, -0.25) is 4.79 Å². The van der Waals surface area contributed by atoms with Crippen LogP contribution in [0.25, 0.3) is 0 Å². The largest absolute Gasteiger partial charge is 0.273 e. The molecule has 0 radical (unpaired) electrons. The first-order chi connectivity index (χ1) is 9.02. The molecule has 1 amide bonds. The summed E-state index contributed by atoms with van der Waals surface area (Å²) in [5, 5.41) is 7.07. The van der Waals surface area contributed by atoms with Gasteiger partial charge in [-0.2, -0.15) is 5.10 Å². The SMILES string of the molecule is CCCC(=O)N1N=C(C)CC1c1ccc(Cl)cc1Cl. The zero-order valence-corrected chi connectivity index (χ0v) is 12.5. The molecule has 1 aliphatic rings. The summed E-state index contributed by atoms with van der Waals surface area (Å²) in [7, 11) is 0. The molecule has 1 aliphatic heterocycles. The summed E-state index contributed by atoms with van der Waals surface area (Å²) in [5.41, 5.74) is 1.84. The van der Waals surface area contributed by atoms with E-state index in [2.05, 4.69) is 5.10 Å². The summed E-state index contributed by atoms with van der Waals surface area (Å²) in [6.45, 7) is 3.91. The quantitative estimate of drug-likeness (QED) is 0.812. The van der Waals surface area contributed by atoms with E-state index in [0.717, 1.165) is 24.1 Å². The van der Waals surface area contributed by atoms with Gasteiger partial charge < -0.3 is 0 Å². The highest BCUT2D eigenvalue weighted by Gasteiger charge is 2.31. The monoisotopic (exact) mass is 298 g/mol. The highest BCUT2D eigenvalue weighted by atomic mass is 35.5. The van der Waals surface area contributed by atoms with Crippen molar-refractivity contribution >= 4 is 34.8 Å². The van der Waals surface area contributed by atoms with Gasteiger partial charge in [0.05, 0.1) is 6.04 Å². The van der Waals surface area contributed by atoms with E-state index in [1.807, 2.05) is 19.9 Å². The molecule has 1 aromatic carbocycles. The van der Waals surface area contributed by atoms with Gasteiger partial charge in [0, 0.05) is 28.6 Å². The summed E-state index contributed by atoms with van der Waals surface area (Å²) in [6.07, 6.45) is 2.03. The second kappa shape index (κ2) is 5.93. The van der Waals surface area contributed by atoms with Gasteiger partial charge >= 0.3 is 0 Å². The van der Waals surface area contributed by atoms with Gasteiger partial charge in [0.2, 0.25) is 5.91 Å². The molecule has 0 aromatic heterocycles. The Morgan fingerprint density at radius 1 is 1.47 bits per heavy atom. The Labute approximate surface area is 123 Å². The first-order valence-electron chi connectivity index (χ1n) is 6.34. The minimum absolute atomic E-state index is 0.0374. The molecule has 0 bridgehead atoms. The minimum atomic E-state index is -0.108. The normalized spacial score (nSPS) is 18.6. The van der Waals surface area contributed by atoms with Crippen molar-refractivity contribution in [3.63, 3.8) is 0 Å². The van der Waals surface area contributed by atoms with Crippen molar-refractivity contribution in [1.29, 1.82) is 0 Å². The van der Waals surface area contributed by atoms with Gasteiger partial charge in [-0.15, -0.1) is 0 Å². The highest BCUT2D eigenvalue weighted by molar-refractivity contribution is 6.35. The van der Waals surface area contributed by atoms with Crippen LogP contribution >= 0.6 is 23.2 Å². The number of halogens is 2. The lowest BCUT2D eigenvalue weighted by molar-refractivity contribution is -0.133. The van der Waals surface area contributed by atoms with Gasteiger partial charge in [-0.05, 0) is 31.0 Å². The van der Waals surface area contributed by atoms with Crippen molar-refractivity contribution in [2.45, 2.75) is 39.2 Å². The molecule has 1 atom stereocenters. The zero-order valence-electron chi connectivity index (χ0n) is 11.0. The van der Waals surface area contributed by atoms with Gasteiger partial charge in [-0.25, -0.2) is 5.01 Å². The van der Waals surface area contributed by atoms with Crippen LogP contribution in [0.4, 0.5) is 0 Å². The van der Waals surface area contributed by atoms with Crippen molar-refractivity contribution in [3.8, 4) is 0 Å². The standard InChI is InChI=1S/C14H16Cl2N2O/c1-3-4-14(19)18-13(7-9(2)17-18)11-6-5-10(15)8-12(11)16/h5-6,8,13H,3-4,7H2,1-2H3. The van der Waals surface area contributed by atoms with Crippen molar-refractivity contribution in [3.05, 3.63) is 33.8 Å². The summed E-state index contributed by atoms with van der Waals surface area (Å²) in [5.74, 6) is 0.0374. The van der Waals surface area contributed by atoms with Gasteiger partial charge in [0.15, 0.2) is 0 Å². The lowest BCUT2D eigenvalue weighted by Crippen LogP contribution is -2.26. The summed E-state index contributed by atoms with van der Waals surface area (Å²) >= 11 is 12.1. The van der Waals surface area contributed by atoms with Crippen LogP contribution in [-0.2, 0) is 4.79 Å². The van der Waals surface area contributed by atoms with Crippen LogP contribution in [0.5, 0.6) is 0 Å². The van der Waals surface area contributed by atoms with Crippen LogP contribution in [0.3, 0.4) is 0 Å². The molecular formula is C14H16Cl2N2O. The predicted molar refractivity (Wildman–Crippen MR) is 78.7 cm³/mol. The van der Waals surface area contributed by atoms with Crippen molar-refractivity contribution < 1.29 is 4.79 Å². The molecule has 102 valence electrons. The molecule has 0 spiro atoms. The smallest absolute Gasteiger partial charge is 0.243 e. The average molecular weight is 299 g/mol. The Bertz CT molecular complexity index is 528. The topological polar surface area (TPSA) is 32.7 Å². The Morgan fingerprint density at radius 2 is 2.21 bits per heavy atom. The van der Waals surface area contributed by atoms with Crippen molar-refractivity contribution in [2.24, 2.45) is 5.10 Å². The molecule has 0 fully saturated rings. The number of nitrogens with zero attached hydrogens (tertiary/aromatic N) is 2. The van der Waals surface area contributed by atoms with E-state index in [1.165, 1.54) is 0 Å². The van der Waals surface area contributed by atoms with Crippen LogP contribution in [0, 0.1) is 0 Å². The summed E-state index contributed by atoms with van der Waals surface area (Å²) < 4.78 is 0. The van der Waals surface area contributed by atoms with E-state index in [4.69, 9.17) is 23.2 Å². The Balaban J connectivity index is 2.30. The van der Waals surface area contributed by atoms with Crippen LogP contribution in [0.1, 0.15) is 44.7 Å². The van der Waals surface area contributed by atoms with E-state index in [9.17, 15) is 4.79 Å². The van der Waals surface area contributed by atoms with Crippen LogP contribution in [0.15, 0.2) is 23.3 Å². The Kier molecular flexibility index (Phi) is 4.48. The molecule has 0 saturated heterocycles. The minimum Gasteiger partial charge on any atom is -0.273 e. The lowest BCUT2D eigenvalue weighted by Gasteiger charge is -2.23. The second-order valence-corrected chi connectivity index (χ2v) is 5.55. The summed E-state index contributed by atoms with van der Waals surface area (Å²) in [6, 6.07) is 5.26. The fourth-order valence-electron chi connectivity index (χ4n) is 2.23. The van der Waals surface area contributed by atoms with E-state index >= 15 is 0 Å².